The first-order valence-electron chi connectivity index (χ1n) is 6.36. The molecule has 19 heavy (non-hydrogen) atoms. The number of methoxy groups -OCH3 is 1. The number of hydrogen-bond donors (Lipinski definition) is 1. The first-order valence-corrected chi connectivity index (χ1v) is 6.36. The molecule has 1 amide bonds. The second kappa shape index (κ2) is 7.42. The lowest BCUT2D eigenvalue weighted by Gasteiger charge is -2.13. The largest absolute Gasteiger partial charge is 0.496 e. The van der Waals surface area contributed by atoms with E-state index < -0.39 is 0 Å². The predicted molar refractivity (Wildman–Crippen MR) is 74.0 cm³/mol. The SMILES string of the molecule is COc1cc(C)cc(C)c1CCNC(=O)CCC#N. The van der Waals surface area contributed by atoms with Crippen molar-refractivity contribution < 1.29 is 9.53 Å². The number of carbonyl (C=O) groups excluding carboxylic acids is 1. The molecule has 4 heteroatoms. The fourth-order valence-corrected chi connectivity index (χ4v) is 2.05. The fourth-order valence-electron chi connectivity index (χ4n) is 2.05. The zero-order chi connectivity index (χ0) is 14.3. The highest BCUT2D eigenvalue weighted by atomic mass is 16.5. The van der Waals surface area contributed by atoms with Gasteiger partial charge in [0, 0.05) is 19.4 Å². The van der Waals surface area contributed by atoms with Crippen molar-refractivity contribution in [1.82, 2.24) is 5.32 Å². The summed E-state index contributed by atoms with van der Waals surface area (Å²) in [5.41, 5.74) is 3.45. The van der Waals surface area contributed by atoms with Gasteiger partial charge in [-0.2, -0.15) is 5.26 Å². The van der Waals surface area contributed by atoms with Crippen LogP contribution in [0, 0.1) is 25.2 Å². The van der Waals surface area contributed by atoms with Crippen molar-refractivity contribution in [2.75, 3.05) is 13.7 Å². The fraction of sp³-hybridized carbons (Fsp3) is 0.467. The molecule has 102 valence electrons. The maximum atomic E-state index is 11.4. The number of nitrogens with zero attached hydrogens (tertiary/aromatic N) is 1. The minimum absolute atomic E-state index is 0.0784. The van der Waals surface area contributed by atoms with Gasteiger partial charge in [0.15, 0.2) is 0 Å². The average molecular weight is 260 g/mol. The first kappa shape index (κ1) is 15.0. The van der Waals surface area contributed by atoms with E-state index in [0.717, 1.165) is 23.3 Å². The highest BCUT2D eigenvalue weighted by Gasteiger charge is 2.08. The molecule has 1 N–H and O–H groups in total. The smallest absolute Gasteiger partial charge is 0.221 e. The molecule has 0 saturated carbocycles. The van der Waals surface area contributed by atoms with Crippen LogP contribution in [-0.4, -0.2) is 19.6 Å². The number of aryl methyl sites for hydroxylation is 2. The molecular formula is C15H20N2O2. The molecule has 0 radical (unpaired) electrons. The Morgan fingerprint density at radius 3 is 2.79 bits per heavy atom. The minimum atomic E-state index is -0.0784. The molecule has 0 fully saturated rings. The molecule has 1 rings (SSSR count). The van der Waals surface area contributed by atoms with Gasteiger partial charge >= 0.3 is 0 Å². The Balaban J connectivity index is 2.58. The van der Waals surface area contributed by atoms with Gasteiger partial charge in [0.2, 0.25) is 5.91 Å². The summed E-state index contributed by atoms with van der Waals surface area (Å²) in [4.78, 5) is 11.4. The highest BCUT2D eigenvalue weighted by Crippen LogP contribution is 2.24. The van der Waals surface area contributed by atoms with Crippen LogP contribution in [0.2, 0.25) is 0 Å². The van der Waals surface area contributed by atoms with Crippen molar-refractivity contribution in [3.8, 4) is 11.8 Å². The first-order chi connectivity index (χ1) is 9.08. The van der Waals surface area contributed by atoms with Crippen molar-refractivity contribution in [3.05, 3.63) is 28.8 Å². The van der Waals surface area contributed by atoms with Crippen LogP contribution in [0.4, 0.5) is 0 Å². The van der Waals surface area contributed by atoms with E-state index in [4.69, 9.17) is 10.00 Å². The third-order valence-corrected chi connectivity index (χ3v) is 2.96. The standard InChI is InChI=1S/C15H20N2O2/c1-11-9-12(2)13(14(10-11)19-3)6-8-17-15(18)5-4-7-16/h9-10H,4-6,8H2,1-3H3,(H,17,18). The highest BCUT2D eigenvalue weighted by molar-refractivity contribution is 5.76. The Morgan fingerprint density at radius 2 is 2.16 bits per heavy atom. The Kier molecular flexibility index (Phi) is 5.87. The summed E-state index contributed by atoms with van der Waals surface area (Å²) in [6.07, 6.45) is 1.26. The lowest BCUT2D eigenvalue weighted by Crippen LogP contribution is -2.25. The number of carbonyl (C=O) groups is 1. The molecule has 0 bridgehead atoms. The summed E-state index contributed by atoms with van der Waals surface area (Å²) in [6.45, 7) is 4.63. The second-order valence-corrected chi connectivity index (χ2v) is 4.52. The van der Waals surface area contributed by atoms with Gasteiger partial charge in [-0.3, -0.25) is 4.79 Å². The van der Waals surface area contributed by atoms with Crippen molar-refractivity contribution >= 4 is 5.91 Å². The molecule has 0 aromatic heterocycles. The van der Waals surface area contributed by atoms with Crippen LogP contribution in [-0.2, 0) is 11.2 Å². The molecule has 0 aliphatic rings. The Morgan fingerprint density at radius 1 is 1.42 bits per heavy atom. The Hall–Kier alpha value is -2.02. The summed E-state index contributed by atoms with van der Waals surface area (Å²) in [6, 6.07) is 6.07. The van der Waals surface area contributed by atoms with Crippen LogP contribution in [0.15, 0.2) is 12.1 Å². The number of amides is 1. The van der Waals surface area contributed by atoms with Crippen LogP contribution in [0.3, 0.4) is 0 Å². The summed E-state index contributed by atoms with van der Waals surface area (Å²) in [5, 5.41) is 11.2. The van der Waals surface area contributed by atoms with E-state index in [1.54, 1.807) is 7.11 Å². The average Bonchev–Trinajstić information content (AvgIpc) is 2.38. The maximum Gasteiger partial charge on any atom is 0.221 e. The van der Waals surface area contributed by atoms with Crippen LogP contribution >= 0.6 is 0 Å². The number of benzene rings is 1. The molecular weight excluding hydrogens is 240 g/mol. The topological polar surface area (TPSA) is 62.1 Å². The predicted octanol–water partition coefficient (Wildman–Crippen LogP) is 2.27. The van der Waals surface area contributed by atoms with Crippen LogP contribution in [0.1, 0.15) is 29.5 Å². The van der Waals surface area contributed by atoms with Gasteiger partial charge in [0.05, 0.1) is 13.2 Å². The van der Waals surface area contributed by atoms with Gasteiger partial charge in [-0.15, -0.1) is 0 Å². The van der Waals surface area contributed by atoms with Gasteiger partial charge in [0.25, 0.3) is 0 Å². The molecule has 0 saturated heterocycles. The Bertz CT molecular complexity index is 490. The quantitative estimate of drug-likeness (QED) is 0.853. The molecule has 1 aromatic rings. The molecule has 0 spiro atoms. The molecule has 4 nitrogen and oxygen atoms in total. The number of hydrogen-bond acceptors (Lipinski definition) is 3. The van der Waals surface area contributed by atoms with Gasteiger partial charge in [-0.05, 0) is 43.0 Å². The van der Waals surface area contributed by atoms with E-state index in [2.05, 4.69) is 11.4 Å². The maximum absolute atomic E-state index is 11.4. The van der Waals surface area contributed by atoms with E-state index in [0.29, 0.717) is 6.54 Å². The van der Waals surface area contributed by atoms with Crippen LogP contribution < -0.4 is 10.1 Å². The Labute approximate surface area is 114 Å². The van der Waals surface area contributed by atoms with E-state index >= 15 is 0 Å². The van der Waals surface area contributed by atoms with Crippen LogP contribution in [0.5, 0.6) is 5.75 Å². The van der Waals surface area contributed by atoms with Crippen LogP contribution in [0.25, 0.3) is 0 Å². The second-order valence-electron chi connectivity index (χ2n) is 4.52. The van der Waals surface area contributed by atoms with Crippen molar-refractivity contribution in [2.24, 2.45) is 0 Å². The minimum Gasteiger partial charge on any atom is -0.496 e. The monoisotopic (exact) mass is 260 g/mol. The summed E-state index contributed by atoms with van der Waals surface area (Å²) in [5.74, 6) is 0.786. The summed E-state index contributed by atoms with van der Waals surface area (Å²) >= 11 is 0. The third-order valence-electron chi connectivity index (χ3n) is 2.96. The van der Waals surface area contributed by atoms with Gasteiger partial charge in [-0.25, -0.2) is 0 Å². The van der Waals surface area contributed by atoms with Crippen molar-refractivity contribution in [1.29, 1.82) is 5.26 Å². The third kappa shape index (κ3) is 4.63. The normalized spacial score (nSPS) is 9.79. The zero-order valence-electron chi connectivity index (χ0n) is 11.7. The lowest BCUT2D eigenvalue weighted by molar-refractivity contribution is -0.120. The molecule has 1 aromatic carbocycles. The van der Waals surface area contributed by atoms with Gasteiger partial charge < -0.3 is 10.1 Å². The van der Waals surface area contributed by atoms with E-state index in [9.17, 15) is 4.79 Å². The van der Waals surface area contributed by atoms with E-state index in [1.165, 1.54) is 5.56 Å². The lowest BCUT2D eigenvalue weighted by atomic mass is 10.0. The molecule has 0 heterocycles. The molecule has 0 unspecified atom stereocenters. The molecule has 0 aliphatic carbocycles. The van der Waals surface area contributed by atoms with Gasteiger partial charge in [0.1, 0.15) is 5.75 Å². The molecule has 0 aliphatic heterocycles. The van der Waals surface area contributed by atoms with E-state index in [-0.39, 0.29) is 18.7 Å². The number of ether oxygens (including phenoxy) is 1. The van der Waals surface area contributed by atoms with Crippen molar-refractivity contribution in [2.45, 2.75) is 33.1 Å². The summed E-state index contributed by atoms with van der Waals surface area (Å²) in [7, 11) is 1.66. The summed E-state index contributed by atoms with van der Waals surface area (Å²) < 4.78 is 5.37. The van der Waals surface area contributed by atoms with E-state index in [1.807, 2.05) is 26.0 Å². The zero-order valence-corrected chi connectivity index (χ0v) is 11.7. The number of nitriles is 1. The van der Waals surface area contributed by atoms with Gasteiger partial charge in [-0.1, -0.05) is 6.07 Å². The number of nitrogens with one attached hydrogen (secondary N) is 1. The van der Waals surface area contributed by atoms with Crippen molar-refractivity contribution in [3.63, 3.8) is 0 Å². The molecule has 0 atom stereocenters. The number of rotatable bonds is 6.